The summed E-state index contributed by atoms with van der Waals surface area (Å²) in [5, 5.41) is 30.9. The van der Waals surface area contributed by atoms with Crippen LogP contribution in [0.1, 0.15) is 11.7 Å². The third-order valence-corrected chi connectivity index (χ3v) is 3.38. The number of alkyl halides is 1. The van der Waals surface area contributed by atoms with E-state index in [1.165, 1.54) is 0 Å². The number of halogens is 1. The van der Waals surface area contributed by atoms with Gasteiger partial charge in [0.05, 0.1) is 6.10 Å². The third kappa shape index (κ3) is 2.60. The normalized spacial score (nSPS) is 14.8. The van der Waals surface area contributed by atoms with Crippen LogP contribution in [0.5, 0.6) is 5.75 Å². The molecule has 0 spiro atoms. The van der Waals surface area contributed by atoms with Gasteiger partial charge in [-0.2, -0.15) is 0 Å². The van der Waals surface area contributed by atoms with E-state index < -0.39 is 12.2 Å². The van der Waals surface area contributed by atoms with E-state index in [0.29, 0.717) is 10.9 Å². The Morgan fingerprint density at radius 1 is 1.00 bits per heavy atom. The summed E-state index contributed by atoms with van der Waals surface area (Å²) in [5.74, 6) is 0.214. The predicted molar refractivity (Wildman–Crippen MR) is 70.4 cm³/mol. The number of aromatic hydroxyl groups is 1. The lowest BCUT2D eigenvalue weighted by molar-refractivity contribution is 0.0343. The molecule has 0 heterocycles. The fourth-order valence-electron chi connectivity index (χ4n) is 1.74. The van der Waals surface area contributed by atoms with Crippen molar-refractivity contribution in [1.29, 1.82) is 0 Å². The summed E-state index contributed by atoms with van der Waals surface area (Å²) in [6, 6.07) is 10.4. The summed E-state index contributed by atoms with van der Waals surface area (Å²) in [6.07, 6.45) is -1.74. The summed E-state index contributed by atoms with van der Waals surface area (Å²) >= 11 is 3.13. The maximum Gasteiger partial charge on any atom is 0.116 e. The standard InChI is InChI=1S/C13H13BrO3/c14-7-12(16)13(17)10-2-1-9-6-11(15)4-3-8(9)5-10/h1-6,12-13,15-17H,7H2. The molecular formula is C13H13BrO3. The molecule has 0 radical (unpaired) electrons. The summed E-state index contributed by atoms with van der Waals surface area (Å²) < 4.78 is 0. The highest BCUT2D eigenvalue weighted by molar-refractivity contribution is 9.09. The smallest absolute Gasteiger partial charge is 0.116 e. The van der Waals surface area contributed by atoms with Crippen LogP contribution in [0.4, 0.5) is 0 Å². The van der Waals surface area contributed by atoms with Crippen LogP contribution >= 0.6 is 15.9 Å². The second kappa shape index (κ2) is 5.04. The van der Waals surface area contributed by atoms with Crippen molar-refractivity contribution in [2.75, 3.05) is 5.33 Å². The Kier molecular flexibility index (Phi) is 3.66. The molecule has 0 aliphatic rings. The average molecular weight is 297 g/mol. The van der Waals surface area contributed by atoms with Gasteiger partial charge in [-0.3, -0.25) is 0 Å². The van der Waals surface area contributed by atoms with Crippen molar-refractivity contribution in [2.45, 2.75) is 12.2 Å². The predicted octanol–water partition coefficient (Wildman–Crippen LogP) is 2.33. The molecule has 0 saturated carbocycles. The zero-order valence-corrected chi connectivity index (χ0v) is 10.6. The lowest BCUT2D eigenvalue weighted by atomic mass is 10.0. The van der Waals surface area contributed by atoms with E-state index in [4.69, 9.17) is 0 Å². The van der Waals surface area contributed by atoms with Gasteiger partial charge in [0.2, 0.25) is 0 Å². The summed E-state index contributed by atoms with van der Waals surface area (Å²) in [4.78, 5) is 0. The fourth-order valence-corrected chi connectivity index (χ4v) is 2.10. The molecule has 0 amide bonds. The van der Waals surface area contributed by atoms with Crippen molar-refractivity contribution in [2.24, 2.45) is 0 Å². The van der Waals surface area contributed by atoms with Gasteiger partial charge >= 0.3 is 0 Å². The highest BCUT2D eigenvalue weighted by Gasteiger charge is 2.17. The first kappa shape index (κ1) is 12.4. The molecule has 2 aromatic carbocycles. The SMILES string of the molecule is Oc1ccc2cc(C(O)C(O)CBr)ccc2c1. The molecule has 3 nitrogen and oxygen atoms in total. The largest absolute Gasteiger partial charge is 0.508 e. The van der Waals surface area contributed by atoms with Gasteiger partial charge in [-0.25, -0.2) is 0 Å². The lowest BCUT2D eigenvalue weighted by Crippen LogP contribution is -2.19. The number of benzene rings is 2. The first-order valence-electron chi connectivity index (χ1n) is 5.26. The van der Waals surface area contributed by atoms with E-state index >= 15 is 0 Å². The highest BCUT2D eigenvalue weighted by Crippen LogP contribution is 2.25. The number of rotatable bonds is 3. The molecule has 0 fully saturated rings. The minimum Gasteiger partial charge on any atom is -0.508 e. The Labute approximate surface area is 107 Å². The van der Waals surface area contributed by atoms with Crippen molar-refractivity contribution in [3.05, 3.63) is 42.0 Å². The first-order chi connectivity index (χ1) is 8.11. The maximum atomic E-state index is 9.87. The van der Waals surface area contributed by atoms with Crippen LogP contribution in [-0.4, -0.2) is 26.8 Å². The van der Waals surface area contributed by atoms with E-state index in [2.05, 4.69) is 15.9 Å². The van der Waals surface area contributed by atoms with Crippen molar-refractivity contribution < 1.29 is 15.3 Å². The topological polar surface area (TPSA) is 60.7 Å². The van der Waals surface area contributed by atoms with Crippen LogP contribution in [-0.2, 0) is 0 Å². The molecule has 0 saturated heterocycles. The zero-order valence-electron chi connectivity index (χ0n) is 9.05. The molecule has 90 valence electrons. The summed E-state index contributed by atoms with van der Waals surface area (Å²) in [7, 11) is 0. The third-order valence-electron chi connectivity index (χ3n) is 2.71. The van der Waals surface area contributed by atoms with E-state index in [0.717, 1.165) is 10.8 Å². The summed E-state index contributed by atoms with van der Waals surface area (Å²) in [5.41, 5.74) is 0.662. The van der Waals surface area contributed by atoms with Gasteiger partial charge in [-0.15, -0.1) is 0 Å². The van der Waals surface area contributed by atoms with Crippen molar-refractivity contribution in [3.8, 4) is 5.75 Å². The maximum absolute atomic E-state index is 9.87. The number of aliphatic hydroxyl groups excluding tert-OH is 2. The van der Waals surface area contributed by atoms with E-state index in [9.17, 15) is 15.3 Å². The van der Waals surface area contributed by atoms with Gasteiger partial charge in [0, 0.05) is 5.33 Å². The molecule has 0 aliphatic heterocycles. The second-order valence-corrected chi connectivity index (χ2v) is 4.60. The van der Waals surface area contributed by atoms with Gasteiger partial charge in [0.25, 0.3) is 0 Å². The fraction of sp³-hybridized carbons (Fsp3) is 0.231. The van der Waals surface area contributed by atoms with Crippen LogP contribution in [0, 0.1) is 0 Å². The molecule has 2 unspecified atom stereocenters. The van der Waals surface area contributed by atoms with Gasteiger partial charge in [-0.05, 0) is 34.5 Å². The van der Waals surface area contributed by atoms with Gasteiger partial charge < -0.3 is 15.3 Å². The zero-order chi connectivity index (χ0) is 12.4. The van der Waals surface area contributed by atoms with Crippen LogP contribution < -0.4 is 0 Å². The Morgan fingerprint density at radius 3 is 2.35 bits per heavy atom. The van der Waals surface area contributed by atoms with Crippen LogP contribution in [0.3, 0.4) is 0 Å². The number of phenolic OH excluding ortho intramolecular Hbond substituents is 1. The Hall–Kier alpha value is -1.10. The quantitative estimate of drug-likeness (QED) is 0.762. The van der Waals surface area contributed by atoms with Gasteiger partial charge in [-0.1, -0.05) is 34.1 Å². The van der Waals surface area contributed by atoms with Crippen molar-refractivity contribution in [3.63, 3.8) is 0 Å². The van der Waals surface area contributed by atoms with E-state index in [1.54, 1.807) is 24.3 Å². The monoisotopic (exact) mass is 296 g/mol. The van der Waals surface area contributed by atoms with Crippen LogP contribution in [0.2, 0.25) is 0 Å². The molecule has 0 aliphatic carbocycles. The molecular weight excluding hydrogens is 284 g/mol. The van der Waals surface area contributed by atoms with Gasteiger partial charge in [0.1, 0.15) is 11.9 Å². The Morgan fingerprint density at radius 2 is 1.65 bits per heavy atom. The first-order valence-corrected chi connectivity index (χ1v) is 6.39. The second-order valence-electron chi connectivity index (χ2n) is 3.96. The minimum absolute atomic E-state index is 0.214. The number of fused-ring (bicyclic) bond motifs is 1. The molecule has 2 rings (SSSR count). The molecule has 2 aromatic rings. The number of hydrogen-bond donors (Lipinski definition) is 3. The molecule has 0 bridgehead atoms. The molecule has 4 heteroatoms. The average Bonchev–Trinajstić information content (AvgIpc) is 2.36. The minimum atomic E-state index is -0.910. The number of aliphatic hydroxyl groups is 2. The Balaban J connectivity index is 2.41. The number of hydrogen-bond acceptors (Lipinski definition) is 3. The van der Waals surface area contributed by atoms with Gasteiger partial charge in [0.15, 0.2) is 0 Å². The van der Waals surface area contributed by atoms with E-state index in [-0.39, 0.29) is 5.75 Å². The van der Waals surface area contributed by atoms with E-state index in [1.807, 2.05) is 12.1 Å². The molecule has 3 N–H and O–H groups in total. The Bertz CT molecular complexity index is 527. The molecule has 17 heavy (non-hydrogen) atoms. The molecule has 2 atom stereocenters. The molecule has 0 aromatic heterocycles. The van der Waals surface area contributed by atoms with Crippen molar-refractivity contribution >= 4 is 26.7 Å². The van der Waals surface area contributed by atoms with Crippen molar-refractivity contribution in [1.82, 2.24) is 0 Å². The lowest BCUT2D eigenvalue weighted by Gasteiger charge is -2.16. The summed E-state index contributed by atoms with van der Waals surface area (Å²) in [6.45, 7) is 0. The number of phenols is 1. The van der Waals surface area contributed by atoms with Crippen LogP contribution in [0.25, 0.3) is 10.8 Å². The van der Waals surface area contributed by atoms with Crippen LogP contribution in [0.15, 0.2) is 36.4 Å². The highest BCUT2D eigenvalue weighted by atomic mass is 79.9.